The Hall–Kier alpha value is -1.10. The van der Waals surface area contributed by atoms with Crippen LogP contribution in [0.4, 0.5) is 0 Å². The number of rotatable bonds is 4. The summed E-state index contributed by atoms with van der Waals surface area (Å²) in [6.07, 6.45) is 0.493. The third kappa shape index (κ3) is 10.9. The molecule has 0 heterocycles. The average Bonchev–Trinajstić information content (AvgIpc) is 2.07. The highest BCUT2D eigenvalue weighted by molar-refractivity contribution is 5.81. The van der Waals surface area contributed by atoms with Gasteiger partial charge in [-0.1, -0.05) is 13.8 Å². The van der Waals surface area contributed by atoms with Crippen LogP contribution in [0.15, 0.2) is 4.99 Å². The molecule has 0 spiro atoms. The molecule has 0 aromatic heterocycles. The molecular formula is C8H20N4O. The van der Waals surface area contributed by atoms with Gasteiger partial charge in [0, 0.05) is 6.54 Å². The van der Waals surface area contributed by atoms with Crippen molar-refractivity contribution in [3.63, 3.8) is 0 Å². The largest absolute Gasteiger partial charge is 0.370 e. The molecule has 0 rings (SSSR count). The number of hydrogen-bond donors (Lipinski definition) is 3. The van der Waals surface area contributed by atoms with Crippen molar-refractivity contribution in [2.45, 2.75) is 33.2 Å². The molecule has 78 valence electrons. The summed E-state index contributed by atoms with van der Waals surface area (Å²) in [5.41, 5.74) is 15.5. The zero-order valence-electron chi connectivity index (χ0n) is 8.58. The molecule has 0 fully saturated rings. The Morgan fingerprint density at radius 2 is 1.85 bits per heavy atom. The van der Waals surface area contributed by atoms with E-state index in [1.165, 1.54) is 6.92 Å². The fourth-order valence-electron chi connectivity index (χ4n) is 0.536. The third-order valence-corrected chi connectivity index (χ3v) is 1.26. The minimum absolute atomic E-state index is 0.0285. The van der Waals surface area contributed by atoms with Crippen LogP contribution in [0.3, 0.4) is 0 Å². The zero-order valence-corrected chi connectivity index (χ0v) is 8.58. The van der Waals surface area contributed by atoms with Crippen LogP contribution in [0.2, 0.25) is 0 Å². The Labute approximate surface area is 79.4 Å². The molecule has 0 saturated carbocycles. The van der Waals surface area contributed by atoms with E-state index in [2.05, 4.69) is 4.99 Å². The van der Waals surface area contributed by atoms with Crippen molar-refractivity contribution < 1.29 is 4.79 Å². The predicted octanol–water partition coefficient (Wildman–Crippen LogP) is -0.408. The van der Waals surface area contributed by atoms with E-state index < -0.39 is 6.04 Å². The molecule has 0 aliphatic heterocycles. The Morgan fingerprint density at radius 1 is 1.38 bits per heavy atom. The van der Waals surface area contributed by atoms with Crippen molar-refractivity contribution in [3.05, 3.63) is 0 Å². The van der Waals surface area contributed by atoms with Crippen LogP contribution < -0.4 is 17.2 Å². The molecule has 0 amide bonds. The van der Waals surface area contributed by atoms with Crippen LogP contribution >= 0.6 is 0 Å². The molecule has 1 unspecified atom stereocenters. The molecule has 5 heteroatoms. The first kappa shape index (κ1) is 14.4. The van der Waals surface area contributed by atoms with Crippen LogP contribution in [0.25, 0.3) is 0 Å². The zero-order chi connectivity index (χ0) is 10.9. The minimum Gasteiger partial charge on any atom is -0.370 e. The Morgan fingerprint density at radius 3 is 2.15 bits per heavy atom. The summed E-state index contributed by atoms with van der Waals surface area (Å²) < 4.78 is 0. The lowest BCUT2D eigenvalue weighted by Crippen LogP contribution is -2.30. The monoisotopic (exact) mass is 188 g/mol. The summed E-state index contributed by atoms with van der Waals surface area (Å²) in [6, 6.07) is -0.446. The van der Waals surface area contributed by atoms with Gasteiger partial charge in [-0.15, -0.1) is 0 Å². The number of guanidine groups is 1. The minimum atomic E-state index is -0.446. The Bertz CT molecular complexity index is 164. The number of nitrogens with zero attached hydrogens (tertiary/aromatic N) is 1. The van der Waals surface area contributed by atoms with E-state index in [1.807, 2.05) is 13.8 Å². The van der Waals surface area contributed by atoms with Crippen molar-refractivity contribution >= 4 is 11.7 Å². The number of aliphatic imine (C=N–C) groups is 1. The molecule has 0 aromatic carbocycles. The number of carbonyl (C=O) groups excluding carboxylic acids is 1. The predicted molar refractivity (Wildman–Crippen MR) is 55.3 cm³/mol. The quantitative estimate of drug-likeness (QED) is 0.412. The van der Waals surface area contributed by atoms with Crippen LogP contribution in [0.5, 0.6) is 0 Å². The number of hydrogen-bond acceptors (Lipinski definition) is 3. The molecular weight excluding hydrogens is 168 g/mol. The van der Waals surface area contributed by atoms with Crippen LogP contribution in [-0.4, -0.2) is 24.3 Å². The Kier molecular flexibility index (Phi) is 9.98. The van der Waals surface area contributed by atoms with Gasteiger partial charge < -0.3 is 17.2 Å². The molecule has 0 aromatic rings. The molecule has 0 radical (unpaired) electrons. The van der Waals surface area contributed by atoms with Crippen molar-refractivity contribution in [2.24, 2.45) is 22.2 Å². The smallest absolute Gasteiger partial charge is 0.185 e. The summed E-state index contributed by atoms with van der Waals surface area (Å²) >= 11 is 0. The van der Waals surface area contributed by atoms with Crippen molar-refractivity contribution in [1.82, 2.24) is 0 Å². The summed E-state index contributed by atoms with van der Waals surface area (Å²) in [4.78, 5) is 14.3. The van der Waals surface area contributed by atoms with Crippen LogP contribution in [0, 0.1) is 0 Å². The lowest BCUT2D eigenvalue weighted by molar-refractivity contribution is -0.118. The Balaban J connectivity index is 0. The highest BCUT2D eigenvalue weighted by Gasteiger charge is 2.05. The first-order chi connectivity index (χ1) is 6.04. The molecule has 1 atom stereocenters. The fraction of sp³-hybridized carbons (Fsp3) is 0.750. The second kappa shape index (κ2) is 8.99. The molecule has 0 bridgehead atoms. The lowest BCUT2D eigenvalue weighted by Gasteiger charge is -2.03. The van der Waals surface area contributed by atoms with E-state index in [4.69, 9.17) is 17.2 Å². The van der Waals surface area contributed by atoms with E-state index >= 15 is 0 Å². The number of Topliss-reactive ketones (excluding diaryl/α,β-unsaturated/α-hetero) is 1. The summed E-state index contributed by atoms with van der Waals surface area (Å²) in [5.74, 6) is -0.0171. The van der Waals surface area contributed by atoms with Crippen molar-refractivity contribution in [2.75, 3.05) is 6.54 Å². The van der Waals surface area contributed by atoms with Crippen molar-refractivity contribution in [1.29, 1.82) is 0 Å². The summed E-state index contributed by atoms with van der Waals surface area (Å²) in [7, 11) is 0. The number of nitrogens with two attached hydrogens (primary N) is 3. The second-order valence-electron chi connectivity index (χ2n) is 2.31. The van der Waals surface area contributed by atoms with Gasteiger partial charge >= 0.3 is 0 Å². The maximum absolute atomic E-state index is 10.6. The van der Waals surface area contributed by atoms with Gasteiger partial charge in [0.1, 0.15) is 5.78 Å². The standard InChI is InChI=1S/C6H14N4O.C2H6/c1-4(11)5(7)2-3-10-6(8)9;1-2/h5H,2-3,7H2,1H3,(H4,8,9,10);1-2H3. The van der Waals surface area contributed by atoms with Gasteiger partial charge in [-0.05, 0) is 13.3 Å². The van der Waals surface area contributed by atoms with Gasteiger partial charge in [0.15, 0.2) is 5.96 Å². The fourth-order valence-corrected chi connectivity index (χ4v) is 0.536. The molecule has 0 aliphatic rings. The van der Waals surface area contributed by atoms with E-state index in [9.17, 15) is 4.79 Å². The van der Waals surface area contributed by atoms with Crippen molar-refractivity contribution in [3.8, 4) is 0 Å². The molecule has 0 saturated heterocycles. The first-order valence-electron chi connectivity index (χ1n) is 4.35. The van der Waals surface area contributed by atoms with Gasteiger partial charge in [-0.2, -0.15) is 0 Å². The molecule has 6 N–H and O–H groups in total. The van der Waals surface area contributed by atoms with Gasteiger partial charge in [-0.3, -0.25) is 9.79 Å². The van der Waals surface area contributed by atoms with Gasteiger partial charge in [0.05, 0.1) is 6.04 Å². The average molecular weight is 188 g/mol. The first-order valence-corrected chi connectivity index (χ1v) is 4.35. The highest BCUT2D eigenvalue weighted by atomic mass is 16.1. The molecule has 13 heavy (non-hydrogen) atoms. The highest BCUT2D eigenvalue weighted by Crippen LogP contribution is 1.89. The van der Waals surface area contributed by atoms with E-state index in [-0.39, 0.29) is 11.7 Å². The topological polar surface area (TPSA) is 107 Å². The van der Waals surface area contributed by atoms with Gasteiger partial charge in [0.2, 0.25) is 0 Å². The van der Waals surface area contributed by atoms with Crippen LogP contribution in [0.1, 0.15) is 27.2 Å². The number of carbonyl (C=O) groups is 1. The van der Waals surface area contributed by atoms with E-state index in [0.717, 1.165) is 0 Å². The lowest BCUT2D eigenvalue weighted by atomic mass is 10.1. The van der Waals surface area contributed by atoms with E-state index in [0.29, 0.717) is 13.0 Å². The number of ketones is 1. The van der Waals surface area contributed by atoms with Gasteiger partial charge in [0.25, 0.3) is 0 Å². The van der Waals surface area contributed by atoms with E-state index in [1.54, 1.807) is 0 Å². The summed E-state index contributed by atoms with van der Waals surface area (Å²) in [6.45, 7) is 5.85. The van der Waals surface area contributed by atoms with Crippen LogP contribution in [-0.2, 0) is 4.79 Å². The maximum atomic E-state index is 10.6. The van der Waals surface area contributed by atoms with Gasteiger partial charge in [-0.25, -0.2) is 0 Å². The normalized spacial score (nSPS) is 10.8. The maximum Gasteiger partial charge on any atom is 0.185 e. The molecule has 0 aliphatic carbocycles. The SMILES string of the molecule is CC.CC(=O)C(N)CCN=C(N)N. The summed E-state index contributed by atoms with van der Waals surface area (Å²) in [5, 5.41) is 0. The molecule has 5 nitrogen and oxygen atoms in total. The third-order valence-electron chi connectivity index (χ3n) is 1.26. The second-order valence-corrected chi connectivity index (χ2v) is 2.31.